The standard InChI is InChI=1S/C20H27Cl2N5OS/c1-28-18-11-25-20(29-2)26-19(18)24-10-17(23)14-5-7-27(8-6-14)12-13-3-4-15(21)16(22)9-13/h3-4,9,11,14,17H,5-8,10,12,23H2,1-2H3,(H,24,25,26). The molecule has 0 aliphatic carbocycles. The van der Waals surface area contributed by atoms with Crippen LogP contribution in [0, 0.1) is 5.92 Å². The van der Waals surface area contributed by atoms with Crippen LogP contribution in [-0.4, -0.2) is 53.9 Å². The minimum absolute atomic E-state index is 0.0551. The number of aromatic nitrogens is 2. The Morgan fingerprint density at radius 2 is 2.07 bits per heavy atom. The largest absolute Gasteiger partial charge is 0.491 e. The quantitative estimate of drug-likeness (QED) is 0.456. The third-order valence-electron chi connectivity index (χ3n) is 5.27. The van der Waals surface area contributed by atoms with Gasteiger partial charge in [-0.3, -0.25) is 4.90 Å². The van der Waals surface area contributed by atoms with Crippen molar-refractivity contribution in [3.63, 3.8) is 0 Å². The smallest absolute Gasteiger partial charge is 0.189 e. The van der Waals surface area contributed by atoms with E-state index in [0.29, 0.717) is 39.2 Å². The molecule has 158 valence electrons. The van der Waals surface area contributed by atoms with Crippen LogP contribution in [0.5, 0.6) is 5.75 Å². The van der Waals surface area contributed by atoms with Gasteiger partial charge in [-0.1, -0.05) is 41.0 Å². The lowest BCUT2D eigenvalue weighted by Gasteiger charge is -2.35. The predicted molar refractivity (Wildman–Crippen MR) is 121 cm³/mol. The van der Waals surface area contributed by atoms with Crippen molar-refractivity contribution in [2.75, 3.05) is 38.3 Å². The fraction of sp³-hybridized carbons (Fsp3) is 0.500. The SMILES string of the molecule is COc1cnc(SC)nc1NCC(N)C1CCN(Cc2ccc(Cl)c(Cl)c2)CC1. The maximum absolute atomic E-state index is 6.49. The van der Waals surface area contributed by atoms with Gasteiger partial charge in [0, 0.05) is 19.1 Å². The maximum Gasteiger partial charge on any atom is 0.189 e. The van der Waals surface area contributed by atoms with Crippen LogP contribution < -0.4 is 15.8 Å². The number of hydrogen-bond donors (Lipinski definition) is 2. The molecule has 1 aromatic carbocycles. The summed E-state index contributed by atoms with van der Waals surface area (Å²) in [5.74, 6) is 1.80. The zero-order valence-electron chi connectivity index (χ0n) is 16.7. The highest BCUT2D eigenvalue weighted by atomic mass is 35.5. The summed E-state index contributed by atoms with van der Waals surface area (Å²) in [7, 11) is 1.62. The van der Waals surface area contributed by atoms with Gasteiger partial charge in [0.2, 0.25) is 0 Å². The van der Waals surface area contributed by atoms with Crippen molar-refractivity contribution in [3.8, 4) is 5.75 Å². The van der Waals surface area contributed by atoms with Crippen molar-refractivity contribution in [2.24, 2.45) is 11.7 Å². The van der Waals surface area contributed by atoms with Gasteiger partial charge >= 0.3 is 0 Å². The minimum Gasteiger partial charge on any atom is -0.491 e. The highest BCUT2D eigenvalue weighted by molar-refractivity contribution is 7.98. The van der Waals surface area contributed by atoms with Gasteiger partial charge in [-0.2, -0.15) is 0 Å². The van der Waals surface area contributed by atoms with Crippen molar-refractivity contribution in [2.45, 2.75) is 30.6 Å². The normalized spacial score (nSPS) is 16.6. The molecule has 3 rings (SSSR count). The van der Waals surface area contributed by atoms with Crippen LogP contribution in [0.25, 0.3) is 0 Å². The van der Waals surface area contributed by atoms with E-state index in [2.05, 4.69) is 20.2 Å². The molecule has 1 aliphatic heterocycles. The monoisotopic (exact) mass is 455 g/mol. The first-order chi connectivity index (χ1) is 14.0. The lowest BCUT2D eigenvalue weighted by molar-refractivity contribution is 0.164. The summed E-state index contributed by atoms with van der Waals surface area (Å²) in [6, 6.07) is 5.90. The first-order valence-corrected chi connectivity index (χ1v) is 11.6. The molecule has 0 spiro atoms. The van der Waals surface area contributed by atoms with E-state index < -0.39 is 0 Å². The number of rotatable bonds is 8. The Hall–Kier alpha value is -1.25. The fourth-order valence-corrected chi connectivity index (χ4v) is 4.21. The Morgan fingerprint density at radius 1 is 1.31 bits per heavy atom. The van der Waals surface area contributed by atoms with E-state index in [4.69, 9.17) is 33.7 Å². The lowest BCUT2D eigenvalue weighted by Crippen LogP contribution is -2.43. The minimum atomic E-state index is 0.0551. The number of ether oxygens (including phenoxy) is 1. The van der Waals surface area contributed by atoms with Crippen molar-refractivity contribution < 1.29 is 4.74 Å². The van der Waals surface area contributed by atoms with Crippen LogP contribution in [0.15, 0.2) is 29.6 Å². The number of benzene rings is 1. The van der Waals surface area contributed by atoms with Crippen LogP contribution in [0.1, 0.15) is 18.4 Å². The molecule has 29 heavy (non-hydrogen) atoms. The molecule has 0 saturated carbocycles. The van der Waals surface area contributed by atoms with Gasteiger partial charge < -0.3 is 15.8 Å². The second-order valence-electron chi connectivity index (χ2n) is 7.18. The number of nitrogens with zero attached hydrogens (tertiary/aromatic N) is 3. The molecule has 2 heterocycles. The highest BCUT2D eigenvalue weighted by Crippen LogP contribution is 2.27. The lowest BCUT2D eigenvalue weighted by atomic mass is 9.89. The zero-order chi connectivity index (χ0) is 20.8. The van der Waals surface area contributed by atoms with Crippen LogP contribution in [0.4, 0.5) is 5.82 Å². The second kappa shape index (κ2) is 10.7. The topological polar surface area (TPSA) is 76.3 Å². The van der Waals surface area contributed by atoms with Gasteiger partial charge in [-0.15, -0.1) is 0 Å². The summed E-state index contributed by atoms with van der Waals surface area (Å²) in [6.07, 6.45) is 5.78. The van der Waals surface area contributed by atoms with Crippen LogP contribution >= 0.6 is 35.0 Å². The molecule has 1 aromatic heterocycles. The number of halogens is 2. The predicted octanol–water partition coefficient (Wildman–Crippen LogP) is 4.17. The summed E-state index contributed by atoms with van der Waals surface area (Å²) < 4.78 is 5.35. The number of thioether (sulfide) groups is 1. The molecular formula is C20H27Cl2N5OS. The molecule has 1 fully saturated rings. The van der Waals surface area contributed by atoms with Crippen molar-refractivity contribution in [1.29, 1.82) is 0 Å². The molecule has 3 N–H and O–H groups in total. The third kappa shape index (κ3) is 6.12. The summed E-state index contributed by atoms with van der Waals surface area (Å²) in [5.41, 5.74) is 7.67. The molecule has 2 aromatic rings. The molecule has 1 atom stereocenters. The van der Waals surface area contributed by atoms with E-state index in [-0.39, 0.29) is 6.04 Å². The average molecular weight is 456 g/mol. The van der Waals surface area contributed by atoms with E-state index >= 15 is 0 Å². The van der Waals surface area contributed by atoms with Gasteiger partial charge in [0.15, 0.2) is 16.7 Å². The average Bonchev–Trinajstić information content (AvgIpc) is 2.75. The second-order valence-corrected chi connectivity index (χ2v) is 8.77. The Morgan fingerprint density at radius 3 is 2.72 bits per heavy atom. The summed E-state index contributed by atoms with van der Waals surface area (Å²) in [5, 5.41) is 5.25. The highest BCUT2D eigenvalue weighted by Gasteiger charge is 2.24. The third-order valence-corrected chi connectivity index (χ3v) is 6.57. The van der Waals surface area contributed by atoms with Crippen LogP contribution in [0.2, 0.25) is 10.0 Å². The Kier molecular flexibility index (Phi) is 8.26. The van der Waals surface area contributed by atoms with Gasteiger partial charge in [-0.05, 0) is 55.8 Å². The van der Waals surface area contributed by atoms with Gasteiger partial charge in [0.25, 0.3) is 0 Å². The maximum atomic E-state index is 6.49. The molecule has 6 nitrogen and oxygen atoms in total. The number of nitrogens with two attached hydrogens (primary N) is 1. The van der Waals surface area contributed by atoms with Gasteiger partial charge in [-0.25, -0.2) is 9.97 Å². The number of anilines is 1. The van der Waals surface area contributed by atoms with Crippen molar-refractivity contribution >= 4 is 40.8 Å². The van der Waals surface area contributed by atoms with Crippen molar-refractivity contribution in [1.82, 2.24) is 14.9 Å². The zero-order valence-corrected chi connectivity index (χ0v) is 19.0. The Labute approximate surface area is 186 Å². The van der Waals surface area contributed by atoms with E-state index in [1.807, 2.05) is 24.5 Å². The first kappa shape index (κ1) is 22.4. The van der Waals surface area contributed by atoms with Gasteiger partial charge in [0.1, 0.15) is 0 Å². The Balaban J connectivity index is 1.48. The number of hydrogen-bond acceptors (Lipinski definition) is 7. The van der Waals surface area contributed by atoms with E-state index in [1.165, 1.54) is 17.3 Å². The molecule has 1 saturated heterocycles. The van der Waals surface area contributed by atoms with E-state index in [0.717, 1.165) is 32.5 Å². The van der Waals surface area contributed by atoms with Crippen molar-refractivity contribution in [3.05, 3.63) is 40.0 Å². The number of likely N-dealkylation sites (tertiary alicyclic amines) is 1. The number of methoxy groups -OCH3 is 1. The molecule has 0 bridgehead atoms. The molecule has 0 radical (unpaired) electrons. The molecule has 9 heteroatoms. The van der Waals surface area contributed by atoms with Crippen LogP contribution in [-0.2, 0) is 6.54 Å². The Bertz CT molecular complexity index is 817. The number of nitrogens with one attached hydrogen (secondary N) is 1. The van der Waals surface area contributed by atoms with E-state index in [1.54, 1.807) is 13.3 Å². The van der Waals surface area contributed by atoms with Gasteiger partial charge in [0.05, 0.1) is 23.4 Å². The molecule has 1 unspecified atom stereocenters. The fourth-order valence-electron chi connectivity index (χ4n) is 3.55. The molecule has 0 amide bonds. The van der Waals surface area contributed by atoms with E-state index in [9.17, 15) is 0 Å². The summed E-state index contributed by atoms with van der Waals surface area (Å²) >= 11 is 13.6. The first-order valence-electron chi connectivity index (χ1n) is 9.61. The number of piperidine rings is 1. The van der Waals surface area contributed by atoms with Crippen LogP contribution in [0.3, 0.4) is 0 Å². The molecular weight excluding hydrogens is 429 g/mol. The summed E-state index contributed by atoms with van der Waals surface area (Å²) in [4.78, 5) is 11.2. The molecule has 1 aliphatic rings. The summed E-state index contributed by atoms with van der Waals surface area (Å²) in [6.45, 7) is 3.57.